The number of aliphatic hydroxyl groups excluding tert-OH is 1. The second-order valence-corrected chi connectivity index (χ2v) is 3.81. The molecular weight excluding hydrogens is 195 g/mol. The number of hydrogen-bond donors (Lipinski definition) is 1. The fourth-order valence-corrected chi connectivity index (χ4v) is 1.70. The zero-order valence-electron chi connectivity index (χ0n) is 6.93. The second-order valence-electron chi connectivity index (χ2n) is 3.28. The third kappa shape index (κ3) is 1.68. The largest absolute Gasteiger partial charge is 0.388 e. The molecule has 12 heavy (non-hydrogen) atoms. The van der Waals surface area contributed by atoms with Crippen molar-refractivity contribution in [1.29, 1.82) is 0 Å². The van der Waals surface area contributed by atoms with Gasteiger partial charge in [0.25, 0.3) is 0 Å². The molecule has 0 radical (unpaired) electrons. The molecule has 2 unspecified atom stereocenters. The van der Waals surface area contributed by atoms with Crippen molar-refractivity contribution < 1.29 is 5.11 Å². The molecule has 68 valence electrons. The van der Waals surface area contributed by atoms with Crippen molar-refractivity contribution in [3.63, 3.8) is 0 Å². The van der Waals surface area contributed by atoms with Crippen LogP contribution in [0.1, 0.15) is 6.92 Å². The van der Waals surface area contributed by atoms with Crippen LogP contribution in [0.15, 0.2) is 23.8 Å². The molecule has 2 atom stereocenters. The van der Waals surface area contributed by atoms with Gasteiger partial charge in [0, 0.05) is 17.2 Å². The fourth-order valence-electron chi connectivity index (χ4n) is 1.23. The third-order valence-electron chi connectivity index (χ3n) is 2.21. The smallest absolute Gasteiger partial charge is 0.0864 e. The highest BCUT2D eigenvalue weighted by molar-refractivity contribution is 6.20. The molecule has 0 aromatic heterocycles. The van der Waals surface area contributed by atoms with E-state index in [9.17, 15) is 5.11 Å². The lowest BCUT2D eigenvalue weighted by molar-refractivity contribution is 0.115. The molecule has 0 aromatic rings. The predicted octanol–water partition coefficient (Wildman–Crippen LogP) is 2.33. The molecule has 0 saturated heterocycles. The van der Waals surface area contributed by atoms with Gasteiger partial charge < -0.3 is 5.11 Å². The normalized spacial score (nSPS) is 35.0. The number of aliphatic hydroxyl groups is 1. The van der Waals surface area contributed by atoms with E-state index in [1.165, 1.54) is 0 Å². The highest BCUT2D eigenvalue weighted by Gasteiger charge is 2.33. The first-order valence-corrected chi connectivity index (χ1v) is 4.89. The van der Waals surface area contributed by atoms with Crippen LogP contribution in [0.25, 0.3) is 0 Å². The SMILES string of the molecule is CC1(CCl)C=CC=C(CCl)C1O. The number of alkyl halides is 2. The van der Waals surface area contributed by atoms with Crippen LogP contribution in [0.2, 0.25) is 0 Å². The van der Waals surface area contributed by atoms with Crippen LogP contribution in [0.5, 0.6) is 0 Å². The molecule has 0 heterocycles. The average molecular weight is 207 g/mol. The van der Waals surface area contributed by atoms with E-state index in [-0.39, 0.29) is 5.41 Å². The van der Waals surface area contributed by atoms with E-state index in [1.807, 2.05) is 25.2 Å². The Morgan fingerprint density at radius 3 is 2.75 bits per heavy atom. The van der Waals surface area contributed by atoms with Gasteiger partial charge in [-0.2, -0.15) is 0 Å². The van der Waals surface area contributed by atoms with E-state index in [0.29, 0.717) is 11.8 Å². The standard InChI is InChI=1S/C9H12Cl2O/c1-9(6-11)4-2-3-7(5-10)8(9)12/h2-4,8,12H,5-6H2,1H3. The number of rotatable bonds is 2. The number of hydrogen-bond acceptors (Lipinski definition) is 1. The summed E-state index contributed by atoms with van der Waals surface area (Å²) in [5, 5.41) is 9.80. The molecule has 1 rings (SSSR count). The van der Waals surface area contributed by atoms with Crippen molar-refractivity contribution in [2.24, 2.45) is 5.41 Å². The van der Waals surface area contributed by atoms with Gasteiger partial charge in [-0.25, -0.2) is 0 Å². The average Bonchev–Trinajstić information content (AvgIpc) is 2.10. The van der Waals surface area contributed by atoms with Gasteiger partial charge in [0.2, 0.25) is 0 Å². The summed E-state index contributed by atoms with van der Waals surface area (Å²) in [6.45, 7) is 1.92. The Morgan fingerprint density at radius 1 is 1.58 bits per heavy atom. The quantitative estimate of drug-likeness (QED) is 0.689. The number of halogens is 2. The predicted molar refractivity (Wildman–Crippen MR) is 52.8 cm³/mol. The summed E-state index contributed by atoms with van der Waals surface area (Å²) in [7, 11) is 0. The maximum Gasteiger partial charge on any atom is 0.0864 e. The molecule has 3 heteroatoms. The molecular formula is C9H12Cl2O. The molecule has 0 aromatic carbocycles. The topological polar surface area (TPSA) is 20.2 Å². The summed E-state index contributed by atoms with van der Waals surface area (Å²) in [5.41, 5.74) is 0.475. The van der Waals surface area contributed by atoms with Crippen molar-refractivity contribution in [2.75, 3.05) is 11.8 Å². The van der Waals surface area contributed by atoms with Crippen molar-refractivity contribution in [1.82, 2.24) is 0 Å². The van der Waals surface area contributed by atoms with Crippen molar-refractivity contribution in [3.8, 4) is 0 Å². The van der Waals surface area contributed by atoms with E-state index in [0.717, 1.165) is 5.57 Å². The minimum atomic E-state index is -0.544. The maximum absolute atomic E-state index is 9.80. The van der Waals surface area contributed by atoms with Gasteiger partial charge in [0.15, 0.2) is 0 Å². The van der Waals surface area contributed by atoms with Crippen LogP contribution in [0, 0.1) is 5.41 Å². The zero-order valence-corrected chi connectivity index (χ0v) is 8.44. The van der Waals surface area contributed by atoms with Crippen LogP contribution in [0.4, 0.5) is 0 Å². The Kier molecular flexibility index (Phi) is 3.22. The van der Waals surface area contributed by atoms with Gasteiger partial charge in [-0.1, -0.05) is 25.2 Å². The van der Waals surface area contributed by atoms with Crippen LogP contribution >= 0.6 is 23.2 Å². The van der Waals surface area contributed by atoms with Gasteiger partial charge in [-0.05, 0) is 5.57 Å². The van der Waals surface area contributed by atoms with Gasteiger partial charge in [-0.3, -0.25) is 0 Å². The van der Waals surface area contributed by atoms with Crippen LogP contribution in [-0.2, 0) is 0 Å². The molecule has 0 amide bonds. The molecule has 1 N–H and O–H groups in total. The zero-order chi connectivity index (χ0) is 9.19. The van der Waals surface area contributed by atoms with Crippen LogP contribution in [-0.4, -0.2) is 23.0 Å². The highest BCUT2D eigenvalue weighted by atomic mass is 35.5. The molecule has 0 aliphatic heterocycles. The van der Waals surface area contributed by atoms with Crippen LogP contribution in [0.3, 0.4) is 0 Å². The molecule has 0 bridgehead atoms. The van der Waals surface area contributed by atoms with Crippen molar-refractivity contribution in [3.05, 3.63) is 23.8 Å². The molecule has 0 fully saturated rings. The summed E-state index contributed by atoms with van der Waals surface area (Å²) in [6.07, 6.45) is 5.11. The third-order valence-corrected chi connectivity index (χ3v) is 3.09. The summed E-state index contributed by atoms with van der Waals surface area (Å²) >= 11 is 11.4. The van der Waals surface area contributed by atoms with Crippen molar-refractivity contribution in [2.45, 2.75) is 13.0 Å². The van der Waals surface area contributed by atoms with Gasteiger partial charge in [0.1, 0.15) is 0 Å². The van der Waals surface area contributed by atoms with E-state index >= 15 is 0 Å². The van der Waals surface area contributed by atoms with Crippen LogP contribution < -0.4 is 0 Å². The minimum absolute atomic E-state index is 0.359. The second kappa shape index (κ2) is 3.82. The van der Waals surface area contributed by atoms with E-state index < -0.39 is 6.10 Å². The first kappa shape index (κ1) is 10.1. The van der Waals surface area contributed by atoms with Gasteiger partial charge >= 0.3 is 0 Å². The Morgan fingerprint density at radius 2 is 2.25 bits per heavy atom. The minimum Gasteiger partial charge on any atom is -0.388 e. The molecule has 0 saturated carbocycles. The lowest BCUT2D eigenvalue weighted by atomic mass is 9.79. The lowest BCUT2D eigenvalue weighted by Gasteiger charge is -2.32. The number of allylic oxidation sites excluding steroid dienone is 2. The molecule has 0 spiro atoms. The van der Waals surface area contributed by atoms with Crippen molar-refractivity contribution >= 4 is 23.2 Å². The maximum atomic E-state index is 9.80. The summed E-state index contributed by atoms with van der Waals surface area (Å²) in [4.78, 5) is 0. The summed E-state index contributed by atoms with van der Waals surface area (Å²) in [6, 6.07) is 0. The van der Waals surface area contributed by atoms with Gasteiger partial charge in [0.05, 0.1) is 6.10 Å². The molecule has 1 aliphatic rings. The fraction of sp³-hybridized carbons (Fsp3) is 0.556. The summed E-state index contributed by atoms with van der Waals surface area (Å²) in [5.74, 6) is 0.761. The first-order chi connectivity index (χ1) is 5.64. The Bertz CT molecular complexity index is 223. The highest BCUT2D eigenvalue weighted by Crippen LogP contribution is 2.33. The van der Waals surface area contributed by atoms with E-state index in [1.54, 1.807) is 0 Å². The van der Waals surface area contributed by atoms with E-state index in [2.05, 4.69) is 0 Å². The first-order valence-electron chi connectivity index (χ1n) is 3.82. The molecule has 1 nitrogen and oxygen atoms in total. The van der Waals surface area contributed by atoms with Gasteiger partial charge in [-0.15, -0.1) is 23.2 Å². The Hall–Kier alpha value is 0.0200. The lowest BCUT2D eigenvalue weighted by Crippen LogP contribution is -2.35. The molecule has 1 aliphatic carbocycles. The monoisotopic (exact) mass is 206 g/mol. The summed E-state index contributed by atoms with van der Waals surface area (Å²) < 4.78 is 0. The van der Waals surface area contributed by atoms with E-state index in [4.69, 9.17) is 23.2 Å². The Balaban J connectivity index is 2.87. The Labute approximate surface area is 82.7 Å².